The van der Waals surface area contributed by atoms with E-state index in [1.807, 2.05) is 4.90 Å². The van der Waals surface area contributed by atoms with Crippen molar-refractivity contribution >= 4 is 40.5 Å². The molecule has 1 aromatic carbocycles. The van der Waals surface area contributed by atoms with Crippen LogP contribution in [0.3, 0.4) is 0 Å². The molecule has 0 bridgehead atoms. The van der Waals surface area contributed by atoms with Crippen LogP contribution in [0.4, 0.5) is 5.82 Å². The molecule has 2 aromatic heterocycles. The molecule has 0 spiro atoms. The molecule has 4 unspecified atom stereocenters. The highest BCUT2D eigenvalue weighted by atomic mass is 35.5. The molecule has 6 rings (SSSR count). The largest absolute Gasteiger partial charge is 0.483 e. The maximum absolute atomic E-state index is 13.0. The number of hydrogen-bond donors (Lipinski definition) is 4. The maximum atomic E-state index is 13.0. The van der Waals surface area contributed by atoms with Crippen molar-refractivity contribution in [2.75, 3.05) is 38.1 Å². The number of carboxylic acids is 1. The zero-order valence-electron chi connectivity index (χ0n) is 24.2. The summed E-state index contributed by atoms with van der Waals surface area (Å²) in [5, 5.41) is 23.6. The number of aliphatic hydroxyl groups excluding tert-OH is 1. The minimum absolute atomic E-state index is 0.0497. The molecule has 1 amide bonds. The second-order valence-corrected chi connectivity index (χ2v) is 11.9. The second-order valence-electron chi connectivity index (χ2n) is 11.5. The fraction of sp³-hybridized carbons (Fsp3) is 0.552. The SMILES string of the molecule is NC1C(C(=O)O)OC(n2cnc3c(NCc4cc(Cl)ccc4OCC(=O)N4CCN(C5CCCCC5)CC4)ncnc32)C1O. The van der Waals surface area contributed by atoms with Crippen molar-refractivity contribution in [3.63, 3.8) is 0 Å². The van der Waals surface area contributed by atoms with Gasteiger partial charge in [0.05, 0.1) is 12.4 Å². The molecule has 2 saturated heterocycles. The molecule has 4 heterocycles. The number of fused-ring (bicyclic) bond motifs is 1. The van der Waals surface area contributed by atoms with E-state index >= 15 is 0 Å². The fourth-order valence-corrected chi connectivity index (χ4v) is 6.53. The number of halogens is 1. The number of nitrogens with one attached hydrogen (secondary N) is 1. The Kier molecular flexibility index (Phi) is 9.14. The molecule has 1 saturated carbocycles. The zero-order chi connectivity index (χ0) is 30.8. The Morgan fingerprint density at radius 1 is 1.11 bits per heavy atom. The molecule has 44 heavy (non-hydrogen) atoms. The highest BCUT2D eigenvalue weighted by molar-refractivity contribution is 6.30. The number of hydrogen-bond acceptors (Lipinski definition) is 11. The Balaban J connectivity index is 1.09. The van der Waals surface area contributed by atoms with E-state index in [1.165, 1.54) is 49.3 Å². The van der Waals surface area contributed by atoms with Gasteiger partial charge in [0.15, 0.2) is 35.9 Å². The molecule has 5 N–H and O–H groups in total. The summed E-state index contributed by atoms with van der Waals surface area (Å²) in [6.07, 6.45) is 5.41. The van der Waals surface area contributed by atoms with Gasteiger partial charge in [0.25, 0.3) is 5.91 Å². The standard InChI is InChI=1S/C29H37ClN8O6/c30-18-6-7-20(43-14-21(39)37-10-8-36(9-11-37)19-4-2-1-3-5-19)17(12-18)13-32-26-23-27(34-15-33-26)38(16-35-23)28-24(40)22(31)25(44-28)29(41)42/h6-7,12,15-16,19,22,24-25,28,40H,1-5,8-11,13-14,31H2,(H,41,42)(H,32,33,34). The molecule has 236 valence electrons. The number of nitrogens with zero attached hydrogens (tertiary/aromatic N) is 6. The minimum atomic E-state index is -1.37. The number of ether oxygens (including phenoxy) is 2. The number of amides is 1. The van der Waals surface area contributed by atoms with Crippen LogP contribution in [0.25, 0.3) is 11.2 Å². The van der Waals surface area contributed by atoms with Gasteiger partial charge in [-0.25, -0.2) is 19.7 Å². The van der Waals surface area contributed by atoms with Crippen molar-refractivity contribution in [2.24, 2.45) is 5.73 Å². The molecule has 3 fully saturated rings. The summed E-state index contributed by atoms with van der Waals surface area (Å²) in [4.78, 5) is 41.8. The Hall–Kier alpha value is -3.56. The lowest BCUT2D eigenvalue weighted by atomic mass is 9.94. The summed E-state index contributed by atoms with van der Waals surface area (Å²) >= 11 is 6.30. The van der Waals surface area contributed by atoms with Crippen LogP contribution in [0.5, 0.6) is 5.75 Å². The Bertz CT molecular complexity index is 1490. The lowest BCUT2D eigenvalue weighted by Gasteiger charge is -2.40. The smallest absolute Gasteiger partial charge is 0.334 e. The van der Waals surface area contributed by atoms with Gasteiger partial charge < -0.3 is 35.6 Å². The van der Waals surface area contributed by atoms with Crippen LogP contribution in [0.15, 0.2) is 30.9 Å². The lowest BCUT2D eigenvalue weighted by Crippen LogP contribution is -2.53. The highest BCUT2D eigenvalue weighted by Crippen LogP contribution is 2.32. The van der Waals surface area contributed by atoms with E-state index in [-0.39, 0.29) is 19.1 Å². The van der Waals surface area contributed by atoms with Crippen LogP contribution in [0.2, 0.25) is 5.02 Å². The number of benzene rings is 1. The van der Waals surface area contributed by atoms with E-state index in [4.69, 9.17) is 26.8 Å². The maximum Gasteiger partial charge on any atom is 0.334 e. The highest BCUT2D eigenvalue weighted by Gasteiger charge is 2.46. The average molecular weight is 629 g/mol. The normalized spacial score (nSPS) is 24.9. The third kappa shape index (κ3) is 6.31. The number of imidazole rings is 1. The number of carbonyl (C=O) groups excluding carboxylic acids is 1. The monoisotopic (exact) mass is 628 g/mol. The van der Waals surface area contributed by atoms with Gasteiger partial charge in [0, 0.05) is 49.4 Å². The van der Waals surface area contributed by atoms with Gasteiger partial charge >= 0.3 is 5.97 Å². The van der Waals surface area contributed by atoms with E-state index in [0.717, 1.165) is 13.1 Å². The van der Waals surface area contributed by atoms with E-state index in [1.54, 1.807) is 18.2 Å². The number of rotatable bonds is 9. The van der Waals surface area contributed by atoms with Gasteiger partial charge in [0.1, 0.15) is 18.2 Å². The molecule has 2 aliphatic heterocycles. The first-order chi connectivity index (χ1) is 21.3. The number of carboxylic acid groups (broad SMARTS) is 1. The van der Waals surface area contributed by atoms with Crippen molar-refractivity contribution in [3.8, 4) is 5.75 Å². The summed E-state index contributed by atoms with van der Waals surface area (Å²) in [5.41, 5.74) is 7.28. The molecule has 3 aliphatic rings. The Morgan fingerprint density at radius 2 is 1.89 bits per heavy atom. The summed E-state index contributed by atoms with van der Waals surface area (Å²) in [7, 11) is 0. The van der Waals surface area contributed by atoms with E-state index in [0.29, 0.717) is 52.4 Å². The first-order valence-corrected chi connectivity index (χ1v) is 15.3. The molecule has 0 radical (unpaired) electrons. The lowest BCUT2D eigenvalue weighted by molar-refractivity contribution is -0.152. The van der Waals surface area contributed by atoms with Crippen LogP contribution in [0, 0.1) is 0 Å². The third-order valence-electron chi connectivity index (χ3n) is 8.78. The summed E-state index contributed by atoms with van der Waals surface area (Å²) < 4.78 is 12.9. The van der Waals surface area contributed by atoms with Crippen molar-refractivity contribution in [1.29, 1.82) is 0 Å². The number of aromatic nitrogens is 4. The quantitative estimate of drug-likeness (QED) is 0.269. The van der Waals surface area contributed by atoms with E-state index in [9.17, 15) is 19.8 Å². The molecular formula is C29H37ClN8O6. The molecule has 15 heteroatoms. The van der Waals surface area contributed by atoms with Gasteiger partial charge in [-0.1, -0.05) is 30.9 Å². The van der Waals surface area contributed by atoms with Crippen molar-refractivity contribution < 1.29 is 29.3 Å². The number of anilines is 1. The minimum Gasteiger partial charge on any atom is -0.483 e. The predicted molar refractivity (Wildman–Crippen MR) is 160 cm³/mol. The van der Waals surface area contributed by atoms with Gasteiger partial charge in [-0.15, -0.1) is 0 Å². The number of piperazine rings is 1. The average Bonchev–Trinajstić information content (AvgIpc) is 3.60. The number of carbonyl (C=O) groups is 2. The topological polar surface area (TPSA) is 181 Å². The third-order valence-corrected chi connectivity index (χ3v) is 9.01. The van der Waals surface area contributed by atoms with Crippen LogP contribution < -0.4 is 15.8 Å². The summed E-state index contributed by atoms with van der Waals surface area (Å²) in [6, 6.07) is 4.73. The van der Waals surface area contributed by atoms with Gasteiger partial charge in [-0.05, 0) is 31.0 Å². The van der Waals surface area contributed by atoms with E-state index < -0.39 is 30.4 Å². The molecular weight excluding hydrogens is 592 g/mol. The second kappa shape index (κ2) is 13.2. The molecule has 3 aromatic rings. The molecule has 1 aliphatic carbocycles. The first kappa shape index (κ1) is 30.5. The van der Waals surface area contributed by atoms with Crippen LogP contribution in [-0.4, -0.2) is 108 Å². The van der Waals surface area contributed by atoms with Crippen LogP contribution in [0.1, 0.15) is 43.9 Å². The van der Waals surface area contributed by atoms with E-state index in [2.05, 4.69) is 25.2 Å². The Morgan fingerprint density at radius 3 is 2.61 bits per heavy atom. The zero-order valence-corrected chi connectivity index (χ0v) is 25.0. The Labute approximate surface area is 259 Å². The molecule has 4 atom stereocenters. The molecule has 14 nitrogen and oxygen atoms in total. The van der Waals surface area contributed by atoms with Crippen molar-refractivity contribution in [3.05, 3.63) is 41.4 Å². The van der Waals surface area contributed by atoms with Crippen molar-refractivity contribution in [2.45, 2.75) is 69.2 Å². The van der Waals surface area contributed by atoms with Gasteiger partial charge in [-0.3, -0.25) is 14.3 Å². The fourth-order valence-electron chi connectivity index (χ4n) is 6.33. The van der Waals surface area contributed by atoms with Crippen LogP contribution >= 0.6 is 11.6 Å². The summed E-state index contributed by atoms with van der Waals surface area (Å²) in [6.45, 7) is 3.37. The predicted octanol–water partition coefficient (Wildman–Crippen LogP) is 1.62. The number of aliphatic carboxylic acids is 1. The van der Waals surface area contributed by atoms with Crippen molar-refractivity contribution in [1.82, 2.24) is 29.3 Å². The number of aliphatic hydroxyl groups is 1. The number of nitrogens with two attached hydrogens (primary N) is 1. The first-order valence-electron chi connectivity index (χ1n) is 15.0. The van der Waals surface area contributed by atoms with Gasteiger partial charge in [0.2, 0.25) is 0 Å². The van der Waals surface area contributed by atoms with Gasteiger partial charge in [-0.2, -0.15) is 0 Å². The van der Waals surface area contributed by atoms with Crippen LogP contribution in [-0.2, 0) is 20.9 Å². The summed E-state index contributed by atoms with van der Waals surface area (Å²) in [5.74, 6) is -0.411.